The van der Waals surface area contributed by atoms with Gasteiger partial charge in [-0.25, -0.2) is 0 Å². The number of nitrogens with zero attached hydrogens (tertiary/aromatic N) is 2. The Morgan fingerprint density at radius 2 is 0.912 bits per heavy atom. The summed E-state index contributed by atoms with van der Waals surface area (Å²) >= 11 is 1.90. The van der Waals surface area contributed by atoms with Crippen LogP contribution in [-0.4, -0.2) is 4.57 Å². The summed E-state index contributed by atoms with van der Waals surface area (Å²) in [6.45, 7) is 0. The Morgan fingerprint density at radius 3 is 1.72 bits per heavy atom. The molecule has 2 heterocycles. The molecule has 12 rings (SSSR count). The van der Waals surface area contributed by atoms with Crippen LogP contribution in [0.2, 0.25) is 0 Å². The third-order valence-electron chi connectivity index (χ3n) is 11.7. The van der Waals surface area contributed by atoms with E-state index in [0.29, 0.717) is 0 Å². The highest BCUT2D eigenvalue weighted by atomic mass is 32.1. The molecule has 0 saturated heterocycles. The lowest BCUT2D eigenvalue weighted by molar-refractivity contribution is 1.19. The molecule has 3 heteroatoms. The number of rotatable bonds is 5. The molecular formula is C54H34N2S. The first-order chi connectivity index (χ1) is 28.3. The van der Waals surface area contributed by atoms with Crippen molar-refractivity contribution in [3.8, 4) is 16.8 Å². The molecule has 0 unspecified atom stereocenters. The zero-order chi connectivity index (χ0) is 37.5. The van der Waals surface area contributed by atoms with Gasteiger partial charge in [-0.05, 0) is 75.1 Å². The monoisotopic (exact) mass is 742 g/mol. The summed E-state index contributed by atoms with van der Waals surface area (Å²) in [4.78, 5) is 2.47. The van der Waals surface area contributed by atoms with Crippen molar-refractivity contribution in [1.82, 2.24) is 4.57 Å². The number of anilines is 3. The third-order valence-corrected chi connectivity index (χ3v) is 13.0. The molecule has 0 aliphatic rings. The normalized spacial score (nSPS) is 11.9. The molecule has 12 aromatic rings. The quantitative estimate of drug-likeness (QED) is 0.170. The van der Waals surface area contributed by atoms with E-state index in [0.717, 1.165) is 17.1 Å². The lowest BCUT2D eigenvalue weighted by Gasteiger charge is -2.27. The first-order valence-corrected chi connectivity index (χ1v) is 20.3. The maximum absolute atomic E-state index is 2.47. The third kappa shape index (κ3) is 4.96. The van der Waals surface area contributed by atoms with Crippen molar-refractivity contribution in [2.45, 2.75) is 0 Å². The van der Waals surface area contributed by atoms with Crippen molar-refractivity contribution >= 4 is 103 Å². The molecule has 0 radical (unpaired) electrons. The van der Waals surface area contributed by atoms with Crippen LogP contribution in [0.4, 0.5) is 17.1 Å². The van der Waals surface area contributed by atoms with E-state index in [2.05, 4.69) is 216 Å². The predicted molar refractivity (Wildman–Crippen MR) is 246 cm³/mol. The van der Waals surface area contributed by atoms with Crippen molar-refractivity contribution in [2.75, 3.05) is 4.90 Å². The minimum absolute atomic E-state index is 1.12. The van der Waals surface area contributed by atoms with Crippen molar-refractivity contribution in [1.29, 1.82) is 0 Å². The van der Waals surface area contributed by atoms with Crippen molar-refractivity contribution < 1.29 is 0 Å². The standard InChI is InChI=1S/C54H34N2S/c1-2-16-40(17-3-1)56-51-34-39(28-31-45(51)46-32-26-37-13-5-8-19-43(37)52(46)56)35-24-29-41(30-25-35)55(49-22-10-15-36-12-4-7-18-42(36)49)50-23-11-21-47-48-33-27-38-14-6-9-20-44(38)53(48)57-54(47)50/h1-34H. The number of hydrogen-bond acceptors (Lipinski definition) is 2. The highest BCUT2D eigenvalue weighted by molar-refractivity contribution is 7.27. The van der Waals surface area contributed by atoms with E-state index in [9.17, 15) is 0 Å². The fourth-order valence-corrected chi connectivity index (χ4v) is 10.4. The van der Waals surface area contributed by atoms with Crippen LogP contribution in [0, 0.1) is 0 Å². The van der Waals surface area contributed by atoms with Crippen LogP contribution in [0.1, 0.15) is 0 Å². The van der Waals surface area contributed by atoms with Crippen LogP contribution in [-0.2, 0) is 0 Å². The molecule has 0 saturated carbocycles. The molecule has 57 heavy (non-hydrogen) atoms. The van der Waals surface area contributed by atoms with Gasteiger partial charge in [-0.1, -0.05) is 164 Å². The van der Waals surface area contributed by atoms with Crippen LogP contribution in [0.25, 0.3) is 91.1 Å². The van der Waals surface area contributed by atoms with E-state index in [4.69, 9.17) is 0 Å². The average Bonchev–Trinajstić information content (AvgIpc) is 3.84. The second kappa shape index (κ2) is 12.7. The molecule has 10 aromatic carbocycles. The second-order valence-corrected chi connectivity index (χ2v) is 15.9. The van der Waals surface area contributed by atoms with Gasteiger partial charge >= 0.3 is 0 Å². The van der Waals surface area contributed by atoms with Crippen LogP contribution in [0.3, 0.4) is 0 Å². The lowest BCUT2D eigenvalue weighted by atomic mass is 10.0. The van der Waals surface area contributed by atoms with Gasteiger partial charge in [0.1, 0.15) is 0 Å². The summed E-state index contributed by atoms with van der Waals surface area (Å²) in [5.74, 6) is 0. The first kappa shape index (κ1) is 32.1. The summed E-state index contributed by atoms with van der Waals surface area (Å²) in [6, 6.07) is 75.6. The molecule has 0 atom stereocenters. The van der Waals surface area contributed by atoms with Crippen LogP contribution in [0.5, 0.6) is 0 Å². The van der Waals surface area contributed by atoms with E-state index in [1.165, 1.54) is 91.1 Å². The fraction of sp³-hybridized carbons (Fsp3) is 0. The molecule has 266 valence electrons. The SMILES string of the molecule is c1ccc(-n2c3cc(-c4ccc(N(c5cccc6ccccc56)c5cccc6c5sc5c7ccccc7ccc65)cc4)ccc3c3ccc4ccccc4c32)cc1. The molecule has 0 amide bonds. The van der Waals surface area contributed by atoms with Gasteiger partial charge in [0.2, 0.25) is 0 Å². The van der Waals surface area contributed by atoms with Gasteiger partial charge in [-0.2, -0.15) is 0 Å². The van der Waals surface area contributed by atoms with Gasteiger partial charge in [0, 0.05) is 48.4 Å². The highest BCUT2D eigenvalue weighted by Gasteiger charge is 2.21. The molecule has 0 aliphatic carbocycles. The van der Waals surface area contributed by atoms with Crippen LogP contribution < -0.4 is 4.90 Å². The summed E-state index contributed by atoms with van der Waals surface area (Å²) in [5.41, 5.74) is 9.45. The van der Waals surface area contributed by atoms with Crippen molar-refractivity contribution in [2.24, 2.45) is 0 Å². The topological polar surface area (TPSA) is 8.17 Å². The van der Waals surface area contributed by atoms with E-state index < -0.39 is 0 Å². The van der Waals surface area contributed by atoms with Gasteiger partial charge < -0.3 is 9.47 Å². The Bertz CT molecular complexity index is 3520. The van der Waals surface area contributed by atoms with Gasteiger partial charge in [-0.3, -0.25) is 0 Å². The molecule has 0 fully saturated rings. The molecule has 0 aliphatic heterocycles. The summed E-state index contributed by atoms with van der Waals surface area (Å²) < 4.78 is 5.06. The average molecular weight is 743 g/mol. The van der Waals surface area contributed by atoms with Gasteiger partial charge in [-0.15, -0.1) is 11.3 Å². The number of benzene rings is 10. The maximum atomic E-state index is 2.47. The van der Waals surface area contributed by atoms with Crippen molar-refractivity contribution in [3.05, 3.63) is 206 Å². The summed E-state index contributed by atoms with van der Waals surface area (Å²) in [7, 11) is 0. The minimum Gasteiger partial charge on any atom is -0.309 e. The van der Waals surface area contributed by atoms with E-state index in [1.54, 1.807) is 0 Å². The van der Waals surface area contributed by atoms with Crippen LogP contribution >= 0.6 is 11.3 Å². The Morgan fingerprint density at radius 1 is 0.351 bits per heavy atom. The number of hydrogen-bond donors (Lipinski definition) is 0. The number of para-hydroxylation sites is 1. The summed E-state index contributed by atoms with van der Waals surface area (Å²) in [5, 5.41) is 12.6. The smallest absolute Gasteiger partial charge is 0.0640 e. The van der Waals surface area contributed by atoms with Gasteiger partial charge in [0.05, 0.1) is 27.1 Å². The Kier molecular flexibility index (Phi) is 7.13. The van der Waals surface area contributed by atoms with Crippen LogP contribution in [0.15, 0.2) is 206 Å². The van der Waals surface area contributed by atoms with E-state index >= 15 is 0 Å². The van der Waals surface area contributed by atoms with Gasteiger partial charge in [0.25, 0.3) is 0 Å². The predicted octanol–water partition coefficient (Wildman–Crippen LogP) is 15.7. The fourth-order valence-electron chi connectivity index (χ4n) is 9.10. The zero-order valence-corrected chi connectivity index (χ0v) is 31.7. The first-order valence-electron chi connectivity index (χ1n) is 19.5. The zero-order valence-electron chi connectivity index (χ0n) is 30.9. The Labute approximate surface area is 333 Å². The van der Waals surface area contributed by atoms with Gasteiger partial charge in [0.15, 0.2) is 0 Å². The second-order valence-electron chi connectivity index (χ2n) is 14.9. The molecule has 0 N–H and O–H groups in total. The maximum Gasteiger partial charge on any atom is 0.0640 e. The Balaban J connectivity index is 1.05. The lowest BCUT2D eigenvalue weighted by Crippen LogP contribution is -2.10. The molecule has 0 bridgehead atoms. The van der Waals surface area contributed by atoms with Crippen molar-refractivity contribution in [3.63, 3.8) is 0 Å². The van der Waals surface area contributed by atoms with E-state index in [-0.39, 0.29) is 0 Å². The Hall–Kier alpha value is -7.20. The minimum atomic E-state index is 1.12. The van der Waals surface area contributed by atoms with E-state index in [1.807, 2.05) is 11.3 Å². The number of aromatic nitrogens is 1. The number of thiophene rings is 1. The molecular weight excluding hydrogens is 709 g/mol. The molecule has 0 spiro atoms. The molecule has 2 nitrogen and oxygen atoms in total. The summed E-state index contributed by atoms with van der Waals surface area (Å²) in [6.07, 6.45) is 0. The molecule has 2 aromatic heterocycles. The highest BCUT2D eigenvalue weighted by Crippen LogP contribution is 2.48. The largest absolute Gasteiger partial charge is 0.309 e. The number of fused-ring (bicyclic) bond motifs is 11.